The molecule has 0 fully saturated rings. The summed E-state index contributed by atoms with van der Waals surface area (Å²) in [5.74, 6) is 0.677. The minimum Gasteiger partial charge on any atom is -0.496 e. The molecule has 0 saturated heterocycles. The molecule has 100 valence electrons. The second-order valence-electron chi connectivity index (χ2n) is 3.88. The van der Waals surface area contributed by atoms with E-state index in [4.69, 9.17) is 16.3 Å². The molecule has 1 aromatic carbocycles. The van der Waals surface area contributed by atoms with Gasteiger partial charge in [0, 0.05) is 23.7 Å². The molecule has 0 saturated carbocycles. The second kappa shape index (κ2) is 7.82. The normalized spacial score (nSPS) is 9.94. The lowest BCUT2D eigenvalue weighted by molar-refractivity contribution is 0.240. The standard InChI is InChI=1S/C13H19ClN2O2/c1-3-4-8-15-13(17)16-9-10-11(14)6-5-7-12(10)18-2/h5-7H,3-4,8-9H2,1-2H3,(H2,15,16,17). The first-order valence-corrected chi connectivity index (χ1v) is 6.40. The molecule has 5 heteroatoms. The Bertz CT molecular complexity index is 397. The molecule has 0 aromatic heterocycles. The van der Waals surface area contributed by atoms with Gasteiger partial charge >= 0.3 is 6.03 Å². The Kier molecular flexibility index (Phi) is 6.36. The molecule has 0 unspecified atom stereocenters. The summed E-state index contributed by atoms with van der Waals surface area (Å²) >= 11 is 6.07. The number of ether oxygens (including phenoxy) is 1. The fourth-order valence-corrected chi connectivity index (χ4v) is 1.74. The van der Waals surface area contributed by atoms with Gasteiger partial charge in [-0.25, -0.2) is 4.79 Å². The van der Waals surface area contributed by atoms with Crippen LogP contribution in [0.1, 0.15) is 25.3 Å². The zero-order chi connectivity index (χ0) is 13.4. The highest BCUT2D eigenvalue weighted by molar-refractivity contribution is 6.31. The molecule has 0 aliphatic heterocycles. The number of carbonyl (C=O) groups excluding carboxylic acids is 1. The predicted molar refractivity (Wildman–Crippen MR) is 73.2 cm³/mol. The predicted octanol–water partition coefficient (Wildman–Crippen LogP) is 2.95. The fraction of sp³-hybridized carbons (Fsp3) is 0.462. The van der Waals surface area contributed by atoms with Crippen LogP contribution in [0.5, 0.6) is 5.75 Å². The number of urea groups is 1. The Morgan fingerprint density at radius 2 is 2.17 bits per heavy atom. The quantitative estimate of drug-likeness (QED) is 0.781. The summed E-state index contributed by atoms with van der Waals surface area (Å²) in [7, 11) is 1.58. The van der Waals surface area contributed by atoms with Crippen LogP contribution >= 0.6 is 11.6 Å². The smallest absolute Gasteiger partial charge is 0.315 e. The van der Waals surface area contributed by atoms with Gasteiger partial charge in [-0.1, -0.05) is 31.0 Å². The van der Waals surface area contributed by atoms with Crippen molar-refractivity contribution >= 4 is 17.6 Å². The SMILES string of the molecule is CCCCNC(=O)NCc1c(Cl)cccc1OC. The molecular weight excluding hydrogens is 252 g/mol. The highest BCUT2D eigenvalue weighted by Gasteiger charge is 2.08. The first-order valence-electron chi connectivity index (χ1n) is 6.02. The van der Waals surface area contributed by atoms with Gasteiger partial charge in [0.05, 0.1) is 7.11 Å². The molecule has 1 aromatic rings. The van der Waals surface area contributed by atoms with Crippen molar-refractivity contribution in [1.82, 2.24) is 10.6 Å². The molecular formula is C13H19ClN2O2. The van der Waals surface area contributed by atoms with Crippen molar-refractivity contribution < 1.29 is 9.53 Å². The number of amides is 2. The minimum atomic E-state index is -0.189. The second-order valence-corrected chi connectivity index (χ2v) is 4.29. The van der Waals surface area contributed by atoms with Gasteiger partial charge in [0.15, 0.2) is 0 Å². The number of rotatable bonds is 6. The Morgan fingerprint density at radius 1 is 1.39 bits per heavy atom. The third kappa shape index (κ3) is 4.45. The first kappa shape index (κ1) is 14.6. The zero-order valence-corrected chi connectivity index (χ0v) is 11.5. The van der Waals surface area contributed by atoms with Gasteiger partial charge in [0.25, 0.3) is 0 Å². The maximum Gasteiger partial charge on any atom is 0.315 e. The molecule has 18 heavy (non-hydrogen) atoms. The van der Waals surface area contributed by atoms with E-state index in [-0.39, 0.29) is 6.03 Å². The first-order chi connectivity index (χ1) is 8.69. The summed E-state index contributed by atoms with van der Waals surface area (Å²) in [5, 5.41) is 6.12. The number of halogens is 1. The van der Waals surface area contributed by atoms with Gasteiger partial charge in [0.1, 0.15) is 5.75 Å². The van der Waals surface area contributed by atoms with E-state index in [2.05, 4.69) is 17.6 Å². The van der Waals surface area contributed by atoms with Gasteiger partial charge in [-0.3, -0.25) is 0 Å². The van der Waals surface area contributed by atoms with Crippen molar-refractivity contribution in [2.75, 3.05) is 13.7 Å². The summed E-state index contributed by atoms with van der Waals surface area (Å²) in [6.07, 6.45) is 2.03. The van der Waals surface area contributed by atoms with Crippen LogP contribution in [-0.4, -0.2) is 19.7 Å². The highest BCUT2D eigenvalue weighted by atomic mass is 35.5. The van der Waals surface area contributed by atoms with Crippen LogP contribution in [0.25, 0.3) is 0 Å². The molecule has 4 nitrogen and oxygen atoms in total. The van der Waals surface area contributed by atoms with E-state index in [0.717, 1.165) is 18.4 Å². The van der Waals surface area contributed by atoms with Crippen LogP contribution < -0.4 is 15.4 Å². The summed E-state index contributed by atoms with van der Waals surface area (Å²) < 4.78 is 5.20. The van der Waals surface area contributed by atoms with Gasteiger partial charge in [-0.15, -0.1) is 0 Å². The average Bonchev–Trinajstić information content (AvgIpc) is 2.37. The van der Waals surface area contributed by atoms with Crippen LogP contribution in [0.3, 0.4) is 0 Å². The molecule has 0 aliphatic rings. The number of hydrogen-bond acceptors (Lipinski definition) is 2. The third-order valence-corrected chi connectivity index (χ3v) is 2.89. The van der Waals surface area contributed by atoms with Gasteiger partial charge in [-0.2, -0.15) is 0 Å². The van der Waals surface area contributed by atoms with Crippen molar-refractivity contribution in [3.8, 4) is 5.75 Å². The summed E-state index contributed by atoms with van der Waals surface area (Å²) in [5.41, 5.74) is 0.785. The molecule has 2 amide bonds. The number of benzene rings is 1. The van der Waals surface area contributed by atoms with E-state index >= 15 is 0 Å². The van der Waals surface area contributed by atoms with Crippen molar-refractivity contribution in [2.24, 2.45) is 0 Å². The monoisotopic (exact) mass is 270 g/mol. The van der Waals surface area contributed by atoms with E-state index in [0.29, 0.717) is 23.9 Å². The Balaban J connectivity index is 2.50. The van der Waals surface area contributed by atoms with E-state index < -0.39 is 0 Å². The van der Waals surface area contributed by atoms with Gasteiger partial charge in [-0.05, 0) is 18.6 Å². The van der Waals surface area contributed by atoms with Crippen LogP contribution in [0, 0.1) is 0 Å². The summed E-state index contributed by atoms with van der Waals surface area (Å²) in [6, 6.07) is 5.21. The molecule has 0 radical (unpaired) electrons. The zero-order valence-electron chi connectivity index (χ0n) is 10.8. The lowest BCUT2D eigenvalue weighted by atomic mass is 10.2. The van der Waals surface area contributed by atoms with Crippen LogP contribution in [-0.2, 0) is 6.54 Å². The molecule has 0 spiro atoms. The molecule has 1 rings (SSSR count). The van der Waals surface area contributed by atoms with Crippen molar-refractivity contribution in [3.63, 3.8) is 0 Å². The Labute approximate surface area is 113 Å². The van der Waals surface area contributed by atoms with Crippen molar-refractivity contribution in [3.05, 3.63) is 28.8 Å². The van der Waals surface area contributed by atoms with E-state index in [1.165, 1.54) is 0 Å². The van der Waals surface area contributed by atoms with Crippen LogP contribution in [0.4, 0.5) is 4.79 Å². The van der Waals surface area contributed by atoms with Crippen molar-refractivity contribution in [2.45, 2.75) is 26.3 Å². The fourth-order valence-electron chi connectivity index (χ4n) is 1.51. The van der Waals surface area contributed by atoms with Gasteiger partial charge in [0.2, 0.25) is 0 Å². The number of nitrogens with one attached hydrogen (secondary N) is 2. The van der Waals surface area contributed by atoms with E-state index in [1.54, 1.807) is 13.2 Å². The lowest BCUT2D eigenvalue weighted by Crippen LogP contribution is -2.35. The summed E-state index contributed by atoms with van der Waals surface area (Å²) in [4.78, 5) is 11.5. The highest BCUT2D eigenvalue weighted by Crippen LogP contribution is 2.25. The number of unbranched alkanes of at least 4 members (excludes halogenated alkanes) is 1. The topological polar surface area (TPSA) is 50.4 Å². The Morgan fingerprint density at radius 3 is 2.83 bits per heavy atom. The maximum absolute atomic E-state index is 11.5. The lowest BCUT2D eigenvalue weighted by Gasteiger charge is -2.12. The minimum absolute atomic E-state index is 0.189. The van der Waals surface area contributed by atoms with E-state index in [1.807, 2.05) is 12.1 Å². The van der Waals surface area contributed by atoms with Crippen LogP contribution in [0.2, 0.25) is 5.02 Å². The molecule has 2 N–H and O–H groups in total. The third-order valence-electron chi connectivity index (χ3n) is 2.54. The summed E-state index contributed by atoms with van der Waals surface area (Å²) in [6.45, 7) is 3.11. The molecule has 0 heterocycles. The average molecular weight is 271 g/mol. The number of hydrogen-bond donors (Lipinski definition) is 2. The molecule has 0 bridgehead atoms. The molecule has 0 aliphatic carbocycles. The maximum atomic E-state index is 11.5. The Hall–Kier alpha value is -1.42. The van der Waals surface area contributed by atoms with Gasteiger partial charge < -0.3 is 15.4 Å². The number of carbonyl (C=O) groups is 1. The molecule has 0 atom stereocenters. The van der Waals surface area contributed by atoms with E-state index in [9.17, 15) is 4.79 Å². The van der Waals surface area contributed by atoms with Crippen LogP contribution in [0.15, 0.2) is 18.2 Å². The largest absolute Gasteiger partial charge is 0.496 e. The number of methoxy groups -OCH3 is 1. The van der Waals surface area contributed by atoms with Crippen molar-refractivity contribution in [1.29, 1.82) is 0 Å².